The zero-order valence-corrected chi connectivity index (χ0v) is 19.7. The monoisotopic (exact) mass is 503 g/mol. The molecule has 1 aromatic heterocycles. The minimum atomic E-state index is -1.54. The summed E-state index contributed by atoms with van der Waals surface area (Å²) in [6.07, 6.45) is 4.50. The summed E-state index contributed by atoms with van der Waals surface area (Å²) < 4.78 is 0. The molecule has 0 fully saturated rings. The number of carbonyl (C=O) groups is 5. The molecule has 0 spiro atoms. The number of hydrogen-bond acceptors (Lipinski definition) is 9. The lowest BCUT2D eigenvalue weighted by Crippen LogP contribution is -2.58. The fourth-order valence-electron chi connectivity index (χ4n) is 2.65. The third-order valence-corrected chi connectivity index (χ3v) is 5.42. The SMILES string of the molecule is CSCCC(NC(=O)C(CS)NC(=O)C(N)Cc1cnc[nH]1)C(=O)NC(CC(N)=O)C(=O)O. The molecule has 1 aromatic rings. The van der Waals surface area contributed by atoms with Crippen molar-refractivity contribution in [2.24, 2.45) is 11.5 Å². The smallest absolute Gasteiger partial charge is 0.326 e. The highest BCUT2D eigenvalue weighted by Crippen LogP contribution is 2.04. The summed E-state index contributed by atoms with van der Waals surface area (Å²) in [5, 5.41) is 16.4. The molecule has 13 nitrogen and oxygen atoms in total. The molecule has 0 aromatic carbocycles. The largest absolute Gasteiger partial charge is 0.480 e. The second kappa shape index (κ2) is 14.4. The summed E-state index contributed by atoms with van der Waals surface area (Å²) in [5.41, 5.74) is 11.5. The molecule has 33 heavy (non-hydrogen) atoms. The zero-order chi connectivity index (χ0) is 25.0. The first-order valence-electron chi connectivity index (χ1n) is 9.83. The topological polar surface area (TPSA) is 222 Å². The van der Waals surface area contributed by atoms with E-state index in [0.29, 0.717) is 11.4 Å². The minimum absolute atomic E-state index is 0.0787. The maximum atomic E-state index is 12.7. The van der Waals surface area contributed by atoms with Gasteiger partial charge in [-0.05, 0) is 18.4 Å². The van der Waals surface area contributed by atoms with Crippen molar-refractivity contribution < 1.29 is 29.1 Å². The van der Waals surface area contributed by atoms with Crippen LogP contribution in [0.15, 0.2) is 12.5 Å². The highest BCUT2D eigenvalue weighted by Gasteiger charge is 2.30. The van der Waals surface area contributed by atoms with Crippen LogP contribution in [0.1, 0.15) is 18.5 Å². The molecule has 0 saturated carbocycles. The van der Waals surface area contributed by atoms with Crippen molar-refractivity contribution in [2.45, 2.75) is 43.4 Å². The van der Waals surface area contributed by atoms with E-state index in [4.69, 9.17) is 11.5 Å². The van der Waals surface area contributed by atoms with E-state index in [9.17, 15) is 29.1 Å². The molecule has 0 aliphatic rings. The predicted molar refractivity (Wildman–Crippen MR) is 124 cm³/mol. The minimum Gasteiger partial charge on any atom is -0.480 e. The Morgan fingerprint density at radius 2 is 1.73 bits per heavy atom. The number of aromatic nitrogens is 2. The Kier molecular flexibility index (Phi) is 12.3. The molecule has 9 N–H and O–H groups in total. The average Bonchev–Trinajstić information content (AvgIpc) is 3.26. The Morgan fingerprint density at radius 3 is 2.24 bits per heavy atom. The first-order chi connectivity index (χ1) is 15.6. The number of carboxylic acids is 1. The van der Waals surface area contributed by atoms with Gasteiger partial charge in [-0.3, -0.25) is 19.2 Å². The quantitative estimate of drug-likeness (QED) is 0.117. The third-order valence-electron chi connectivity index (χ3n) is 4.41. The number of aromatic amines is 1. The summed E-state index contributed by atoms with van der Waals surface area (Å²) in [4.78, 5) is 66.7. The van der Waals surface area contributed by atoms with Gasteiger partial charge in [-0.25, -0.2) is 9.78 Å². The van der Waals surface area contributed by atoms with E-state index in [2.05, 4.69) is 38.5 Å². The van der Waals surface area contributed by atoms with E-state index in [-0.39, 0.29) is 18.6 Å². The van der Waals surface area contributed by atoms with Gasteiger partial charge >= 0.3 is 5.97 Å². The van der Waals surface area contributed by atoms with Crippen LogP contribution in [0.4, 0.5) is 0 Å². The molecule has 15 heteroatoms. The number of imidazole rings is 1. The second-order valence-corrected chi connectivity index (χ2v) is 8.39. The number of rotatable bonds is 15. The Labute approximate surface area is 200 Å². The summed E-state index contributed by atoms with van der Waals surface area (Å²) in [5.74, 6) is -4.05. The van der Waals surface area contributed by atoms with Gasteiger partial charge in [0.15, 0.2) is 0 Å². The van der Waals surface area contributed by atoms with E-state index in [1.807, 2.05) is 0 Å². The number of carboxylic acid groups (broad SMARTS) is 1. The molecule has 4 atom stereocenters. The molecular weight excluding hydrogens is 474 g/mol. The molecule has 0 saturated heterocycles. The van der Waals surface area contributed by atoms with E-state index in [0.717, 1.165) is 0 Å². The van der Waals surface area contributed by atoms with Crippen LogP contribution >= 0.6 is 24.4 Å². The van der Waals surface area contributed by atoms with Gasteiger partial charge in [0.2, 0.25) is 23.6 Å². The molecule has 0 aliphatic carbocycles. The average molecular weight is 504 g/mol. The number of nitrogens with zero attached hydrogens (tertiary/aromatic N) is 1. The van der Waals surface area contributed by atoms with Gasteiger partial charge in [-0.15, -0.1) is 0 Å². The number of hydrogen-bond donors (Lipinski definition) is 8. The fraction of sp³-hybridized carbons (Fsp3) is 0.556. The van der Waals surface area contributed by atoms with Crippen LogP contribution in [0.2, 0.25) is 0 Å². The number of thioether (sulfide) groups is 1. The molecular formula is C18H29N7O6S2. The van der Waals surface area contributed by atoms with Crippen LogP contribution < -0.4 is 27.4 Å². The van der Waals surface area contributed by atoms with Crippen molar-refractivity contribution in [3.8, 4) is 0 Å². The lowest BCUT2D eigenvalue weighted by atomic mass is 10.1. The highest BCUT2D eigenvalue weighted by atomic mass is 32.2. The van der Waals surface area contributed by atoms with Crippen LogP contribution in [0.5, 0.6) is 0 Å². The van der Waals surface area contributed by atoms with Crippen LogP contribution in [-0.2, 0) is 30.4 Å². The van der Waals surface area contributed by atoms with Crippen molar-refractivity contribution in [2.75, 3.05) is 17.8 Å². The van der Waals surface area contributed by atoms with Crippen LogP contribution in [-0.4, -0.2) is 86.6 Å². The number of nitrogens with one attached hydrogen (secondary N) is 4. The van der Waals surface area contributed by atoms with Crippen molar-refractivity contribution in [1.82, 2.24) is 25.9 Å². The number of H-pyrrole nitrogens is 1. The number of nitrogens with two attached hydrogens (primary N) is 2. The molecule has 184 valence electrons. The van der Waals surface area contributed by atoms with Gasteiger partial charge in [0.25, 0.3) is 0 Å². The molecule has 0 radical (unpaired) electrons. The number of thiol groups is 1. The number of aliphatic carboxylic acids is 1. The summed E-state index contributed by atoms with van der Waals surface area (Å²) in [6, 6.07) is -4.71. The predicted octanol–water partition coefficient (Wildman–Crippen LogP) is -2.62. The summed E-state index contributed by atoms with van der Waals surface area (Å²) in [7, 11) is 0. The highest BCUT2D eigenvalue weighted by molar-refractivity contribution is 7.98. The van der Waals surface area contributed by atoms with Gasteiger partial charge in [0.05, 0.1) is 18.8 Å². The normalized spacial score (nSPS) is 14.4. The third kappa shape index (κ3) is 10.1. The molecule has 4 amide bonds. The van der Waals surface area contributed by atoms with Gasteiger partial charge in [-0.2, -0.15) is 24.4 Å². The Balaban J connectivity index is 2.80. The zero-order valence-electron chi connectivity index (χ0n) is 17.9. The summed E-state index contributed by atoms with van der Waals surface area (Å²) in [6.45, 7) is 0. The summed E-state index contributed by atoms with van der Waals surface area (Å²) >= 11 is 5.50. The number of primary amides is 1. The first kappa shape index (κ1) is 28.3. The molecule has 1 heterocycles. The van der Waals surface area contributed by atoms with Gasteiger partial charge < -0.3 is 37.5 Å². The molecule has 0 aliphatic heterocycles. The fourth-order valence-corrected chi connectivity index (χ4v) is 3.38. The van der Waals surface area contributed by atoms with E-state index >= 15 is 0 Å². The molecule has 1 rings (SSSR count). The van der Waals surface area contributed by atoms with Gasteiger partial charge in [-0.1, -0.05) is 0 Å². The Morgan fingerprint density at radius 1 is 1.12 bits per heavy atom. The lowest BCUT2D eigenvalue weighted by Gasteiger charge is -2.24. The second-order valence-electron chi connectivity index (χ2n) is 7.04. The van der Waals surface area contributed by atoms with Crippen LogP contribution in [0.25, 0.3) is 0 Å². The van der Waals surface area contributed by atoms with Crippen molar-refractivity contribution in [1.29, 1.82) is 0 Å². The molecule has 4 unspecified atom stereocenters. The van der Waals surface area contributed by atoms with Crippen molar-refractivity contribution in [3.63, 3.8) is 0 Å². The van der Waals surface area contributed by atoms with Crippen molar-refractivity contribution >= 4 is 54.0 Å². The van der Waals surface area contributed by atoms with E-state index < -0.39 is 60.2 Å². The maximum absolute atomic E-state index is 12.7. The Hall–Kier alpha value is -2.78. The Bertz CT molecular complexity index is 823. The van der Waals surface area contributed by atoms with Gasteiger partial charge in [0, 0.05) is 24.1 Å². The number of amides is 4. The van der Waals surface area contributed by atoms with Crippen LogP contribution in [0.3, 0.4) is 0 Å². The first-order valence-corrected chi connectivity index (χ1v) is 11.9. The van der Waals surface area contributed by atoms with E-state index in [1.165, 1.54) is 24.3 Å². The van der Waals surface area contributed by atoms with Gasteiger partial charge in [0.1, 0.15) is 18.1 Å². The standard InChI is InChI=1S/C18H29N7O6S2/c1-33-3-2-11(16(28)24-12(18(30)31)5-14(20)26)23-17(29)13(7-32)25-15(27)10(19)4-9-6-21-8-22-9/h6,8,10-13,32H,2-5,7,19H2,1H3,(H2,20,26)(H,21,22)(H,23,29)(H,24,28)(H,25,27)(H,30,31). The van der Waals surface area contributed by atoms with Crippen molar-refractivity contribution in [3.05, 3.63) is 18.2 Å². The van der Waals surface area contributed by atoms with E-state index in [1.54, 1.807) is 6.26 Å². The lowest BCUT2D eigenvalue weighted by molar-refractivity contribution is -0.143. The molecule has 0 bridgehead atoms. The maximum Gasteiger partial charge on any atom is 0.326 e. The van der Waals surface area contributed by atoms with Crippen LogP contribution in [0, 0.1) is 0 Å². The number of carbonyl (C=O) groups excluding carboxylic acids is 4.